The van der Waals surface area contributed by atoms with Crippen molar-refractivity contribution in [2.24, 2.45) is 0 Å². The lowest BCUT2D eigenvalue weighted by Crippen LogP contribution is -2.49. The number of hydrogen-bond donors (Lipinski definition) is 1. The molecular formula is C13H27N3. The molecule has 0 aromatic carbocycles. The molecule has 0 aromatic heterocycles. The zero-order valence-corrected chi connectivity index (χ0v) is 10.7. The Labute approximate surface area is 100 Å². The smallest absolute Gasteiger partial charge is 0.0194 e. The van der Waals surface area contributed by atoms with E-state index in [1.165, 1.54) is 71.5 Å². The van der Waals surface area contributed by atoms with Crippen LogP contribution in [0.25, 0.3) is 0 Å². The van der Waals surface area contributed by atoms with E-state index in [1.807, 2.05) is 0 Å². The summed E-state index contributed by atoms with van der Waals surface area (Å²) in [5, 5.41) is 3.42. The summed E-state index contributed by atoms with van der Waals surface area (Å²) in [5.74, 6) is 0. The molecule has 1 N–H and O–H groups in total. The van der Waals surface area contributed by atoms with Crippen LogP contribution < -0.4 is 5.32 Å². The van der Waals surface area contributed by atoms with Crippen LogP contribution in [0.1, 0.15) is 32.6 Å². The molecule has 0 saturated carbocycles. The van der Waals surface area contributed by atoms with E-state index in [0.29, 0.717) is 0 Å². The highest BCUT2D eigenvalue weighted by atomic mass is 15.2. The Hall–Kier alpha value is -0.120. The van der Waals surface area contributed by atoms with Crippen LogP contribution in [-0.2, 0) is 0 Å². The van der Waals surface area contributed by atoms with Gasteiger partial charge < -0.3 is 5.32 Å². The van der Waals surface area contributed by atoms with Crippen molar-refractivity contribution in [3.05, 3.63) is 0 Å². The molecule has 2 fully saturated rings. The van der Waals surface area contributed by atoms with E-state index in [0.717, 1.165) is 6.04 Å². The third kappa shape index (κ3) is 3.72. The summed E-state index contributed by atoms with van der Waals surface area (Å²) in [6, 6.07) is 0.746. The van der Waals surface area contributed by atoms with Crippen molar-refractivity contribution in [3.63, 3.8) is 0 Å². The molecule has 94 valence electrons. The molecule has 3 heteroatoms. The average Bonchev–Trinajstić information content (AvgIpc) is 2.59. The Morgan fingerprint density at radius 2 is 1.56 bits per heavy atom. The van der Waals surface area contributed by atoms with E-state index < -0.39 is 0 Å². The summed E-state index contributed by atoms with van der Waals surface area (Å²) in [6.07, 6.45) is 5.70. The summed E-state index contributed by atoms with van der Waals surface area (Å²) in [5.41, 5.74) is 0. The highest BCUT2D eigenvalue weighted by Gasteiger charge is 2.19. The molecule has 0 bridgehead atoms. The fourth-order valence-corrected chi connectivity index (χ4v) is 2.92. The first kappa shape index (κ1) is 12.3. The maximum absolute atomic E-state index is 3.42. The molecule has 2 aliphatic rings. The van der Waals surface area contributed by atoms with Gasteiger partial charge in [0.1, 0.15) is 0 Å². The normalized spacial score (nSPS) is 27.6. The first-order chi connectivity index (χ1) is 7.86. The summed E-state index contributed by atoms with van der Waals surface area (Å²) >= 11 is 0. The number of hydrogen-bond acceptors (Lipinski definition) is 3. The Morgan fingerprint density at radius 3 is 2.19 bits per heavy atom. The second-order valence-electron chi connectivity index (χ2n) is 5.35. The minimum atomic E-state index is 0.746. The van der Waals surface area contributed by atoms with Crippen LogP contribution >= 0.6 is 0 Å². The number of likely N-dealkylation sites (tertiary alicyclic amines) is 1. The van der Waals surface area contributed by atoms with Crippen LogP contribution in [0.3, 0.4) is 0 Å². The Balaban J connectivity index is 1.74. The molecule has 0 aliphatic carbocycles. The quantitative estimate of drug-likeness (QED) is 0.777. The van der Waals surface area contributed by atoms with Crippen LogP contribution in [0, 0.1) is 0 Å². The number of nitrogens with one attached hydrogen (secondary N) is 1. The number of rotatable bonds is 3. The van der Waals surface area contributed by atoms with E-state index in [4.69, 9.17) is 0 Å². The largest absolute Gasteiger partial charge is 0.314 e. The first-order valence-electron chi connectivity index (χ1n) is 7.03. The Morgan fingerprint density at radius 1 is 0.938 bits per heavy atom. The highest BCUT2D eigenvalue weighted by molar-refractivity contribution is 4.76. The molecule has 2 heterocycles. The van der Waals surface area contributed by atoms with Gasteiger partial charge >= 0.3 is 0 Å². The molecule has 2 aliphatic heterocycles. The van der Waals surface area contributed by atoms with Crippen molar-refractivity contribution in [1.82, 2.24) is 15.1 Å². The van der Waals surface area contributed by atoms with Crippen molar-refractivity contribution < 1.29 is 0 Å². The SMILES string of the molecule is CC(CN1CCNCC1)N1CCCCCC1. The standard InChI is InChI=1S/C13H27N3/c1-13(12-15-10-6-14-7-11-15)16-8-4-2-3-5-9-16/h13-14H,2-12H2,1H3. The van der Waals surface area contributed by atoms with Crippen LogP contribution in [0.5, 0.6) is 0 Å². The van der Waals surface area contributed by atoms with Gasteiger partial charge in [-0.2, -0.15) is 0 Å². The van der Waals surface area contributed by atoms with Crippen molar-refractivity contribution in [2.45, 2.75) is 38.6 Å². The third-order valence-electron chi connectivity index (χ3n) is 4.00. The van der Waals surface area contributed by atoms with Gasteiger partial charge in [0, 0.05) is 38.8 Å². The molecule has 0 amide bonds. The van der Waals surface area contributed by atoms with Crippen molar-refractivity contribution in [1.29, 1.82) is 0 Å². The van der Waals surface area contributed by atoms with Gasteiger partial charge in [-0.3, -0.25) is 9.80 Å². The molecular weight excluding hydrogens is 198 g/mol. The van der Waals surface area contributed by atoms with Crippen LogP contribution in [0.4, 0.5) is 0 Å². The van der Waals surface area contributed by atoms with Gasteiger partial charge in [-0.25, -0.2) is 0 Å². The van der Waals surface area contributed by atoms with E-state index in [9.17, 15) is 0 Å². The lowest BCUT2D eigenvalue weighted by molar-refractivity contribution is 0.142. The molecule has 2 rings (SSSR count). The summed E-state index contributed by atoms with van der Waals surface area (Å²) in [4.78, 5) is 5.32. The van der Waals surface area contributed by atoms with E-state index in [2.05, 4.69) is 22.0 Å². The molecule has 0 radical (unpaired) electrons. The summed E-state index contributed by atoms with van der Waals surface area (Å²) in [6.45, 7) is 11.1. The predicted molar refractivity (Wildman–Crippen MR) is 68.8 cm³/mol. The van der Waals surface area contributed by atoms with Gasteiger partial charge in [-0.15, -0.1) is 0 Å². The minimum Gasteiger partial charge on any atom is -0.314 e. The number of piperazine rings is 1. The second-order valence-corrected chi connectivity index (χ2v) is 5.35. The molecule has 2 saturated heterocycles. The van der Waals surface area contributed by atoms with Gasteiger partial charge in [-0.05, 0) is 32.9 Å². The van der Waals surface area contributed by atoms with Crippen LogP contribution in [0.15, 0.2) is 0 Å². The lowest BCUT2D eigenvalue weighted by Gasteiger charge is -2.34. The van der Waals surface area contributed by atoms with E-state index >= 15 is 0 Å². The fourth-order valence-electron chi connectivity index (χ4n) is 2.92. The van der Waals surface area contributed by atoms with E-state index in [1.54, 1.807) is 0 Å². The molecule has 0 spiro atoms. The van der Waals surface area contributed by atoms with Crippen LogP contribution in [0.2, 0.25) is 0 Å². The summed E-state index contributed by atoms with van der Waals surface area (Å²) in [7, 11) is 0. The molecule has 1 atom stereocenters. The zero-order valence-electron chi connectivity index (χ0n) is 10.7. The van der Waals surface area contributed by atoms with Crippen LogP contribution in [-0.4, -0.2) is 61.7 Å². The molecule has 3 nitrogen and oxygen atoms in total. The van der Waals surface area contributed by atoms with Gasteiger partial charge in [-0.1, -0.05) is 12.8 Å². The predicted octanol–water partition coefficient (Wildman–Crippen LogP) is 1.16. The molecule has 1 unspecified atom stereocenters. The summed E-state index contributed by atoms with van der Waals surface area (Å²) < 4.78 is 0. The second kappa shape index (κ2) is 6.58. The zero-order chi connectivity index (χ0) is 11.2. The fraction of sp³-hybridized carbons (Fsp3) is 1.00. The van der Waals surface area contributed by atoms with Gasteiger partial charge in [0.15, 0.2) is 0 Å². The average molecular weight is 225 g/mol. The minimum absolute atomic E-state index is 0.746. The van der Waals surface area contributed by atoms with Crippen molar-refractivity contribution >= 4 is 0 Å². The lowest BCUT2D eigenvalue weighted by atomic mass is 10.2. The Kier molecular flexibility index (Phi) is 5.07. The van der Waals surface area contributed by atoms with Crippen molar-refractivity contribution in [2.75, 3.05) is 45.8 Å². The third-order valence-corrected chi connectivity index (χ3v) is 4.00. The van der Waals surface area contributed by atoms with E-state index in [-0.39, 0.29) is 0 Å². The molecule has 0 aromatic rings. The maximum atomic E-state index is 3.42. The Bertz CT molecular complexity index is 182. The van der Waals surface area contributed by atoms with Gasteiger partial charge in [0.05, 0.1) is 0 Å². The first-order valence-corrected chi connectivity index (χ1v) is 7.03. The monoisotopic (exact) mass is 225 g/mol. The van der Waals surface area contributed by atoms with Crippen molar-refractivity contribution in [3.8, 4) is 0 Å². The molecule has 16 heavy (non-hydrogen) atoms. The number of nitrogens with zero attached hydrogens (tertiary/aromatic N) is 2. The maximum Gasteiger partial charge on any atom is 0.0194 e. The topological polar surface area (TPSA) is 18.5 Å². The highest BCUT2D eigenvalue weighted by Crippen LogP contribution is 2.13. The van der Waals surface area contributed by atoms with Gasteiger partial charge in [0.2, 0.25) is 0 Å². The van der Waals surface area contributed by atoms with Gasteiger partial charge in [0.25, 0.3) is 0 Å².